The second-order valence-electron chi connectivity index (χ2n) is 10.9. The van der Waals surface area contributed by atoms with E-state index in [1.165, 1.54) is 27.7 Å². The zero-order valence-corrected chi connectivity index (χ0v) is 26.5. The minimum atomic E-state index is -1.25. The Morgan fingerprint density at radius 2 is 1.28 bits per heavy atom. The monoisotopic (exact) mass is 631 g/mol. The summed E-state index contributed by atoms with van der Waals surface area (Å²) in [5.41, 5.74) is 5.90. The number of carbonyl (C=O) groups is 5. The van der Waals surface area contributed by atoms with Gasteiger partial charge in [-0.05, 0) is 52.4 Å². The Balaban J connectivity index is 1.68. The summed E-state index contributed by atoms with van der Waals surface area (Å²) < 4.78 is 28.1. The van der Waals surface area contributed by atoms with Gasteiger partial charge in [0.25, 0.3) is 5.91 Å². The number of amides is 1. The van der Waals surface area contributed by atoms with Crippen LogP contribution in [0.5, 0.6) is 0 Å². The zero-order valence-electron chi connectivity index (χ0n) is 26.5. The van der Waals surface area contributed by atoms with E-state index in [9.17, 15) is 24.0 Å². The topological polar surface area (TPSA) is 144 Å². The van der Waals surface area contributed by atoms with Gasteiger partial charge in [-0.25, -0.2) is 0 Å². The molecule has 1 amide bonds. The molecule has 0 saturated carbocycles. The van der Waals surface area contributed by atoms with Crippen LogP contribution in [-0.2, 0) is 42.9 Å². The second kappa shape index (κ2) is 14.8. The summed E-state index contributed by atoms with van der Waals surface area (Å²) in [6, 6.07) is 20.8. The number of rotatable bonds is 9. The molecule has 1 N–H and O–H groups in total. The first kappa shape index (κ1) is 33.9. The molecule has 5 atom stereocenters. The van der Waals surface area contributed by atoms with E-state index in [2.05, 4.69) is 5.32 Å². The van der Waals surface area contributed by atoms with Gasteiger partial charge < -0.3 is 29.0 Å². The van der Waals surface area contributed by atoms with Gasteiger partial charge in [-0.15, -0.1) is 0 Å². The molecular weight excluding hydrogens is 594 g/mol. The average molecular weight is 632 g/mol. The fraction of sp³-hybridized carbons (Fsp3) is 0.343. The van der Waals surface area contributed by atoms with Crippen molar-refractivity contribution in [1.82, 2.24) is 5.32 Å². The predicted octanol–water partition coefficient (Wildman–Crippen LogP) is 4.49. The lowest BCUT2D eigenvalue weighted by atomic mass is 9.89. The molecule has 46 heavy (non-hydrogen) atoms. The van der Waals surface area contributed by atoms with Crippen LogP contribution in [-0.4, -0.2) is 67.9 Å². The van der Waals surface area contributed by atoms with Gasteiger partial charge in [-0.3, -0.25) is 24.0 Å². The molecule has 0 radical (unpaired) electrons. The van der Waals surface area contributed by atoms with Crippen molar-refractivity contribution >= 4 is 29.8 Å². The average Bonchev–Trinajstić information content (AvgIpc) is 3.01. The van der Waals surface area contributed by atoms with Crippen molar-refractivity contribution < 1.29 is 47.7 Å². The number of benzene rings is 3. The Labute approximate surface area is 267 Å². The molecule has 1 saturated heterocycles. The molecule has 0 bridgehead atoms. The van der Waals surface area contributed by atoms with Crippen LogP contribution in [0, 0.1) is 6.92 Å². The first-order valence-electron chi connectivity index (χ1n) is 14.7. The largest absolute Gasteiger partial charge is 0.463 e. The highest BCUT2D eigenvalue weighted by Crippen LogP contribution is 2.39. The van der Waals surface area contributed by atoms with Crippen molar-refractivity contribution in [3.8, 4) is 22.3 Å². The van der Waals surface area contributed by atoms with Gasteiger partial charge in [0.15, 0.2) is 18.3 Å². The maximum atomic E-state index is 12.2. The van der Waals surface area contributed by atoms with E-state index < -0.39 is 54.4 Å². The van der Waals surface area contributed by atoms with Crippen LogP contribution in [0.25, 0.3) is 22.3 Å². The highest BCUT2D eigenvalue weighted by Gasteiger charge is 2.52. The molecule has 1 heterocycles. The van der Waals surface area contributed by atoms with E-state index in [0.29, 0.717) is 11.1 Å². The Hall–Kier alpha value is -5.03. The Bertz CT molecular complexity index is 1620. The molecule has 1 aliphatic rings. The van der Waals surface area contributed by atoms with E-state index in [1.54, 1.807) is 25.2 Å². The van der Waals surface area contributed by atoms with Crippen LogP contribution in [0.15, 0.2) is 66.7 Å². The molecule has 0 spiro atoms. The molecule has 0 aliphatic carbocycles. The van der Waals surface area contributed by atoms with Crippen molar-refractivity contribution in [3.05, 3.63) is 83.4 Å². The van der Waals surface area contributed by atoms with Crippen LogP contribution in [0.1, 0.15) is 55.3 Å². The van der Waals surface area contributed by atoms with Crippen molar-refractivity contribution in [2.75, 3.05) is 13.7 Å². The summed E-state index contributed by atoms with van der Waals surface area (Å²) in [7, 11) is 1.59. The van der Waals surface area contributed by atoms with E-state index in [1.807, 2.05) is 55.5 Å². The van der Waals surface area contributed by atoms with Crippen molar-refractivity contribution in [3.63, 3.8) is 0 Å². The summed E-state index contributed by atoms with van der Waals surface area (Å²) in [5, 5.41) is 2.64. The Kier molecular flexibility index (Phi) is 10.9. The lowest BCUT2D eigenvalue weighted by Crippen LogP contribution is -2.59. The summed E-state index contributed by atoms with van der Waals surface area (Å²) in [4.78, 5) is 60.1. The number of ether oxygens (including phenoxy) is 5. The summed E-state index contributed by atoms with van der Waals surface area (Å²) >= 11 is 0. The molecule has 11 heteroatoms. The molecule has 11 nitrogen and oxygen atoms in total. The number of hydrogen-bond acceptors (Lipinski definition) is 10. The normalized spacial score (nSPS) is 20.6. The van der Waals surface area contributed by atoms with Crippen molar-refractivity contribution in [2.24, 2.45) is 0 Å². The smallest absolute Gasteiger partial charge is 0.303 e. The molecule has 1 aliphatic heterocycles. The summed E-state index contributed by atoms with van der Waals surface area (Å²) in [5.74, 6) is -2.79. The van der Waals surface area contributed by atoms with E-state index in [-0.39, 0.29) is 12.5 Å². The highest BCUT2D eigenvalue weighted by atomic mass is 16.7. The fourth-order valence-corrected chi connectivity index (χ4v) is 5.50. The number of nitrogens with one attached hydrogen (secondary N) is 1. The summed E-state index contributed by atoms with van der Waals surface area (Å²) in [6.45, 7) is 6.48. The molecule has 3 aromatic carbocycles. The van der Waals surface area contributed by atoms with Gasteiger partial charge in [-0.1, -0.05) is 54.6 Å². The molecule has 242 valence electrons. The number of esters is 4. The molecule has 3 aromatic rings. The number of carbonyl (C=O) groups excluding carboxylic acids is 5. The maximum Gasteiger partial charge on any atom is 0.303 e. The fourth-order valence-electron chi connectivity index (χ4n) is 5.50. The van der Waals surface area contributed by atoms with Crippen LogP contribution in [0.3, 0.4) is 0 Å². The Morgan fingerprint density at radius 1 is 0.696 bits per heavy atom. The molecule has 0 unspecified atom stereocenters. The van der Waals surface area contributed by atoms with Gasteiger partial charge in [-0.2, -0.15) is 0 Å². The van der Waals surface area contributed by atoms with Gasteiger partial charge in [0.05, 0.1) is 0 Å². The minimum Gasteiger partial charge on any atom is -0.463 e. The van der Waals surface area contributed by atoms with Gasteiger partial charge in [0.2, 0.25) is 0 Å². The van der Waals surface area contributed by atoms with Crippen LogP contribution in [0.2, 0.25) is 0 Å². The minimum absolute atomic E-state index is 0.160. The molecule has 1 fully saturated rings. The van der Waals surface area contributed by atoms with Crippen LogP contribution >= 0.6 is 0 Å². The molecule has 4 rings (SSSR count). The maximum absolute atomic E-state index is 12.2. The highest BCUT2D eigenvalue weighted by molar-refractivity contribution is 5.95. The van der Waals surface area contributed by atoms with Gasteiger partial charge in [0, 0.05) is 40.3 Å². The quantitative estimate of drug-likeness (QED) is 0.265. The number of aryl methyl sites for hydroxylation is 1. The van der Waals surface area contributed by atoms with Gasteiger partial charge in [0.1, 0.15) is 18.8 Å². The standard InChI is InChI=1S/C35H37NO10/c1-19-16-27(26-8-7-9-28(17-26)35(41)36-6)14-15-29(19)24-10-12-25(13-11-24)31-33(44-22(4)39)34(45-23(5)40)32(43-21(3)38)30(46-31)18-42-20(2)37/h7-17,30-34H,18H2,1-6H3,(H,36,41)/t30-,31-,32-,33-,34-/m1/s1. The molecule has 0 aromatic heterocycles. The number of hydrogen-bond donors (Lipinski definition) is 1. The Morgan fingerprint density at radius 3 is 1.87 bits per heavy atom. The third-order valence-electron chi connectivity index (χ3n) is 7.45. The molecular formula is C35H37NO10. The van der Waals surface area contributed by atoms with E-state index in [0.717, 1.165) is 27.8 Å². The third kappa shape index (κ3) is 8.16. The van der Waals surface area contributed by atoms with E-state index >= 15 is 0 Å². The van der Waals surface area contributed by atoms with Crippen molar-refractivity contribution in [2.45, 2.75) is 65.1 Å². The first-order chi connectivity index (χ1) is 21.9. The van der Waals surface area contributed by atoms with Crippen LogP contribution < -0.4 is 5.32 Å². The lowest BCUT2D eigenvalue weighted by molar-refractivity contribution is -0.254. The third-order valence-corrected chi connectivity index (χ3v) is 7.45. The SMILES string of the molecule is CNC(=O)c1cccc(-c2ccc(-c3ccc([C@H]4O[C@H](COC(C)=O)[C@@H](OC(C)=O)[C@@H](OC(C)=O)[C@@H]4OC(C)=O)cc3)c(C)c2)c1. The van der Waals surface area contributed by atoms with Crippen LogP contribution in [0.4, 0.5) is 0 Å². The predicted molar refractivity (Wildman–Crippen MR) is 166 cm³/mol. The van der Waals surface area contributed by atoms with Gasteiger partial charge >= 0.3 is 23.9 Å². The lowest BCUT2D eigenvalue weighted by Gasteiger charge is -2.44. The van der Waals surface area contributed by atoms with E-state index in [4.69, 9.17) is 23.7 Å². The second-order valence-corrected chi connectivity index (χ2v) is 10.9. The van der Waals surface area contributed by atoms with Crippen molar-refractivity contribution in [1.29, 1.82) is 0 Å². The summed E-state index contributed by atoms with van der Waals surface area (Å²) in [6.07, 6.45) is -5.66. The first-order valence-corrected chi connectivity index (χ1v) is 14.7. The zero-order chi connectivity index (χ0) is 33.5.